The van der Waals surface area contributed by atoms with Crippen molar-refractivity contribution in [2.45, 2.75) is 48.3 Å². The standard InChI is InChI=1S/C15H10F13IO/c1-30-9(7-4-2-3-5-8(7)29)6-10(16,17)11(18,19)12(20,21)13(22,23)14(24,25)15(26,27)28/h2-5,9H,6H2,1H3. The zero-order valence-corrected chi connectivity index (χ0v) is 16.5. The first-order valence-corrected chi connectivity index (χ1v) is 8.50. The lowest BCUT2D eigenvalue weighted by Gasteiger charge is -2.40. The molecule has 1 atom stereocenters. The van der Waals surface area contributed by atoms with Gasteiger partial charge in [0.2, 0.25) is 0 Å². The quantitative estimate of drug-likeness (QED) is 0.236. The minimum Gasteiger partial charge on any atom is -0.376 e. The van der Waals surface area contributed by atoms with Crippen molar-refractivity contribution in [1.29, 1.82) is 0 Å². The number of benzene rings is 1. The molecular weight excluding hydrogens is 570 g/mol. The molecule has 0 fully saturated rings. The summed E-state index contributed by atoms with van der Waals surface area (Å²) in [6.07, 6.45) is -12.0. The first-order valence-electron chi connectivity index (χ1n) is 7.42. The van der Waals surface area contributed by atoms with E-state index in [1.807, 2.05) is 0 Å². The molecular formula is C15H10F13IO. The van der Waals surface area contributed by atoms with Crippen LogP contribution in [-0.2, 0) is 4.74 Å². The Morgan fingerprint density at radius 3 is 1.57 bits per heavy atom. The van der Waals surface area contributed by atoms with Crippen LogP contribution in [0.15, 0.2) is 24.3 Å². The fourth-order valence-electron chi connectivity index (χ4n) is 2.22. The number of hydrogen-bond donors (Lipinski definition) is 0. The van der Waals surface area contributed by atoms with Crippen molar-refractivity contribution in [3.05, 3.63) is 33.4 Å². The van der Waals surface area contributed by atoms with Gasteiger partial charge in [-0.1, -0.05) is 18.2 Å². The molecule has 0 aliphatic heterocycles. The van der Waals surface area contributed by atoms with Crippen molar-refractivity contribution in [2.75, 3.05) is 7.11 Å². The minimum absolute atomic E-state index is 0.0989. The van der Waals surface area contributed by atoms with Crippen LogP contribution in [0.4, 0.5) is 57.1 Å². The molecule has 0 N–H and O–H groups in total. The zero-order chi connectivity index (χ0) is 24.0. The van der Waals surface area contributed by atoms with Crippen molar-refractivity contribution in [3.63, 3.8) is 0 Å². The number of alkyl halides is 13. The Labute approximate surface area is 173 Å². The fourth-order valence-corrected chi connectivity index (χ4v) is 2.95. The summed E-state index contributed by atoms with van der Waals surface area (Å²) in [5.74, 6) is -37.0. The average Bonchev–Trinajstić information content (AvgIpc) is 2.58. The zero-order valence-electron chi connectivity index (χ0n) is 14.3. The van der Waals surface area contributed by atoms with Gasteiger partial charge in [0.05, 0.1) is 6.10 Å². The summed E-state index contributed by atoms with van der Waals surface area (Å²) in [4.78, 5) is 0. The van der Waals surface area contributed by atoms with E-state index in [0.717, 1.165) is 6.07 Å². The first kappa shape index (κ1) is 27.0. The second kappa shape index (κ2) is 8.16. The summed E-state index contributed by atoms with van der Waals surface area (Å²) in [6, 6.07) is 4.85. The maximum Gasteiger partial charge on any atom is 0.460 e. The van der Waals surface area contributed by atoms with Gasteiger partial charge in [-0.2, -0.15) is 57.1 Å². The van der Waals surface area contributed by atoms with Crippen molar-refractivity contribution in [1.82, 2.24) is 0 Å². The van der Waals surface area contributed by atoms with Crippen LogP contribution in [0.25, 0.3) is 0 Å². The third-order valence-corrected chi connectivity index (χ3v) is 4.96. The molecule has 0 bridgehead atoms. The highest BCUT2D eigenvalue weighted by molar-refractivity contribution is 14.1. The van der Waals surface area contributed by atoms with Gasteiger partial charge >= 0.3 is 35.8 Å². The van der Waals surface area contributed by atoms with E-state index >= 15 is 0 Å². The molecule has 1 rings (SSSR count). The molecule has 1 aromatic carbocycles. The Morgan fingerprint density at radius 1 is 0.733 bits per heavy atom. The Hall–Kier alpha value is -1.00. The van der Waals surface area contributed by atoms with E-state index in [-0.39, 0.29) is 9.13 Å². The van der Waals surface area contributed by atoms with E-state index in [1.165, 1.54) is 40.8 Å². The molecule has 0 saturated carbocycles. The second-order valence-corrected chi connectivity index (χ2v) is 7.11. The van der Waals surface area contributed by atoms with Crippen LogP contribution >= 0.6 is 22.6 Å². The summed E-state index contributed by atoms with van der Waals surface area (Å²) in [5, 5.41) is 0. The number of methoxy groups -OCH3 is 1. The maximum atomic E-state index is 14.0. The summed E-state index contributed by atoms with van der Waals surface area (Å²) in [7, 11) is 0.673. The molecule has 0 spiro atoms. The molecule has 0 heterocycles. The van der Waals surface area contributed by atoms with Crippen molar-refractivity contribution in [3.8, 4) is 0 Å². The van der Waals surface area contributed by atoms with Crippen LogP contribution in [0.2, 0.25) is 0 Å². The van der Waals surface area contributed by atoms with E-state index in [9.17, 15) is 57.1 Å². The molecule has 0 radical (unpaired) electrons. The predicted molar refractivity (Wildman–Crippen MR) is 84.3 cm³/mol. The minimum atomic E-state index is -7.91. The van der Waals surface area contributed by atoms with E-state index in [1.54, 1.807) is 0 Å². The summed E-state index contributed by atoms with van der Waals surface area (Å²) < 4.78 is 175. The van der Waals surface area contributed by atoms with Crippen molar-refractivity contribution in [2.24, 2.45) is 0 Å². The normalized spacial score (nSPS) is 16.0. The Kier molecular flexibility index (Phi) is 7.36. The van der Waals surface area contributed by atoms with Gasteiger partial charge < -0.3 is 4.74 Å². The number of hydrogen-bond acceptors (Lipinski definition) is 1. The number of ether oxygens (including phenoxy) is 1. The lowest BCUT2D eigenvalue weighted by Crippen LogP contribution is -2.70. The molecule has 1 nitrogen and oxygen atoms in total. The molecule has 1 aromatic rings. The van der Waals surface area contributed by atoms with Crippen LogP contribution < -0.4 is 0 Å². The highest BCUT2D eigenvalue weighted by atomic mass is 127. The van der Waals surface area contributed by atoms with E-state index in [4.69, 9.17) is 0 Å². The smallest absolute Gasteiger partial charge is 0.376 e. The molecule has 0 aliphatic rings. The SMILES string of the molecule is COC(CC(F)(F)C(F)(F)C(F)(F)C(F)(F)C(F)(F)C(F)(F)F)c1ccccc1I. The molecule has 15 heteroatoms. The van der Waals surface area contributed by atoms with Crippen LogP contribution in [-0.4, -0.2) is 42.9 Å². The van der Waals surface area contributed by atoms with E-state index in [2.05, 4.69) is 4.74 Å². The van der Waals surface area contributed by atoms with Crippen LogP contribution in [0.5, 0.6) is 0 Å². The second-order valence-electron chi connectivity index (χ2n) is 5.95. The van der Waals surface area contributed by atoms with Gasteiger partial charge in [-0.3, -0.25) is 0 Å². The monoisotopic (exact) mass is 580 g/mol. The van der Waals surface area contributed by atoms with E-state index in [0.29, 0.717) is 7.11 Å². The van der Waals surface area contributed by atoms with Gasteiger partial charge in [-0.25, -0.2) is 0 Å². The lowest BCUT2D eigenvalue weighted by atomic mass is 9.90. The highest BCUT2D eigenvalue weighted by Gasteiger charge is 2.90. The van der Waals surface area contributed by atoms with Crippen molar-refractivity contribution < 1.29 is 61.8 Å². The summed E-state index contributed by atoms with van der Waals surface area (Å²) in [5.41, 5.74) is -0.272. The van der Waals surface area contributed by atoms with E-state index < -0.39 is 48.3 Å². The molecule has 0 aliphatic carbocycles. The van der Waals surface area contributed by atoms with Gasteiger partial charge in [-0.05, 0) is 34.2 Å². The summed E-state index contributed by atoms with van der Waals surface area (Å²) in [6.45, 7) is 0. The summed E-state index contributed by atoms with van der Waals surface area (Å²) >= 11 is 1.51. The van der Waals surface area contributed by atoms with Crippen molar-refractivity contribution >= 4 is 22.6 Å². The highest BCUT2D eigenvalue weighted by Crippen LogP contribution is 2.61. The maximum absolute atomic E-state index is 14.0. The molecule has 30 heavy (non-hydrogen) atoms. The molecule has 0 aromatic heterocycles. The number of halogens is 14. The molecule has 0 amide bonds. The third kappa shape index (κ3) is 4.19. The molecule has 1 unspecified atom stereocenters. The Morgan fingerprint density at radius 2 is 1.17 bits per heavy atom. The number of rotatable bonds is 8. The van der Waals surface area contributed by atoms with Gasteiger partial charge in [0.15, 0.2) is 0 Å². The Bertz CT molecular complexity index is 744. The third-order valence-electron chi connectivity index (χ3n) is 3.98. The first-order chi connectivity index (χ1) is 13.2. The predicted octanol–water partition coefficient (Wildman–Crippen LogP) is 7.11. The average molecular weight is 580 g/mol. The van der Waals surface area contributed by atoms with Crippen LogP contribution in [0.3, 0.4) is 0 Å². The van der Waals surface area contributed by atoms with Gasteiger partial charge in [0.25, 0.3) is 0 Å². The van der Waals surface area contributed by atoms with Gasteiger partial charge in [-0.15, -0.1) is 0 Å². The fraction of sp³-hybridized carbons (Fsp3) is 0.600. The Balaban J connectivity index is 3.43. The van der Waals surface area contributed by atoms with Crippen LogP contribution in [0.1, 0.15) is 18.1 Å². The van der Waals surface area contributed by atoms with Gasteiger partial charge in [0.1, 0.15) is 0 Å². The van der Waals surface area contributed by atoms with Crippen LogP contribution in [0, 0.1) is 3.57 Å². The molecule has 0 saturated heterocycles. The topological polar surface area (TPSA) is 9.23 Å². The largest absolute Gasteiger partial charge is 0.460 e. The lowest BCUT2D eigenvalue weighted by molar-refractivity contribution is -0.440. The van der Waals surface area contributed by atoms with Gasteiger partial charge in [0, 0.05) is 17.1 Å². The molecule has 174 valence electrons.